The van der Waals surface area contributed by atoms with Gasteiger partial charge in [0.2, 0.25) is 0 Å². The second-order valence-electron chi connectivity index (χ2n) is 6.59. The van der Waals surface area contributed by atoms with E-state index in [0.29, 0.717) is 31.7 Å². The van der Waals surface area contributed by atoms with Gasteiger partial charge >= 0.3 is 0 Å². The molecule has 0 radical (unpaired) electrons. The first kappa shape index (κ1) is 17.6. The van der Waals surface area contributed by atoms with Crippen molar-refractivity contribution >= 4 is 11.7 Å². The van der Waals surface area contributed by atoms with Crippen LogP contribution in [-0.4, -0.2) is 43.3 Å². The van der Waals surface area contributed by atoms with Crippen LogP contribution in [0.25, 0.3) is 0 Å². The Labute approximate surface area is 158 Å². The van der Waals surface area contributed by atoms with Crippen LogP contribution in [0.4, 0.5) is 5.82 Å². The topological polar surface area (TPSA) is 72.9 Å². The van der Waals surface area contributed by atoms with Gasteiger partial charge in [0.1, 0.15) is 12.7 Å². The van der Waals surface area contributed by atoms with Crippen molar-refractivity contribution in [3.05, 3.63) is 48.2 Å². The molecule has 7 heteroatoms. The number of hydrogen-bond acceptors (Lipinski definition) is 6. The minimum absolute atomic E-state index is 0.0723. The minimum Gasteiger partial charge on any atom is -0.486 e. The molecule has 1 N–H and O–H groups in total. The van der Waals surface area contributed by atoms with Crippen LogP contribution in [0.2, 0.25) is 0 Å². The molecule has 142 valence electrons. The van der Waals surface area contributed by atoms with Crippen LogP contribution in [0.15, 0.2) is 42.6 Å². The third-order valence-corrected chi connectivity index (χ3v) is 4.59. The smallest absolute Gasteiger partial charge is 0.252 e. The Bertz CT molecular complexity index is 775. The van der Waals surface area contributed by atoms with Crippen LogP contribution >= 0.6 is 0 Å². The van der Waals surface area contributed by atoms with Crippen LogP contribution in [-0.2, 0) is 4.84 Å². The molecule has 2 aromatic rings. The van der Waals surface area contributed by atoms with Crippen LogP contribution < -0.4 is 19.9 Å². The average Bonchev–Trinajstić information content (AvgIpc) is 2.74. The van der Waals surface area contributed by atoms with Crippen molar-refractivity contribution in [2.75, 3.05) is 31.4 Å². The summed E-state index contributed by atoms with van der Waals surface area (Å²) in [7, 11) is 0. The van der Waals surface area contributed by atoms with Crippen molar-refractivity contribution in [1.82, 2.24) is 10.3 Å². The van der Waals surface area contributed by atoms with Gasteiger partial charge in [0.05, 0.1) is 12.2 Å². The van der Waals surface area contributed by atoms with Crippen molar-refractivity contribution < 1.29 is 19.1 Å². The van der Waals surface area contributed by atoms with E-state index < -0.39 is 0 Å². The van der Waals surface area contributed by atoms with Crippen molar-refractivity contribution in [1.29, 1.82) is 0 Å². The maximum Gasteiger partial charge on any atom is 0.252 e. The molecule has 1 amide bonds. The van der Waals surface area contributed by atoms with E-state index in [4.69, 9.17) is 14.3 Å². The summed E-state index contributed by atoms with van der Waals surface area (Å²) in [5.74, 6) is 2.10. The molecule has 2 aliphatic rings. The number of hydrogen-bond donors (Lipinski definition) is 1. The van der Waals surface area contributed by atoms with Gasteiger partial charge in [-0.25, -0.2) is 10.0 Å². The van der Waals surface area contributed by atoms with E-state index in [1.807, 2.05) is 30.3 Å². The number of rotatable bonds is 5. The highest BCUT2D eigenvalue weighted by molar-refractivity contribution is 5.94. The summed E-state index contributed by atoms with van der Waals surface area (Å²) < 4.78 is 11.6. The molecule has 0 aliphatic carbocycles. The summed E-state index contributed by atoms with van der Waals surface area (Å²) in [4.78, 5) is 22.2. The molecule has 1 fully saturated rings. The first-order valence-corrected chi connectivity index (χ1v) is 9.33. The molecule has 0 unspecified atom stereocenters. The quantitative estimate of drug-likeness (QED) is 0.873. The second kappa shape index (κ2) is 8.26. The zero-order chi connectivity index (χ0) is 18.5. The van der Waals surface area contributed by atoms with Gasteiger partial charge in [-0.2, -0.15) is 0 Å². The fraction of sp³-hybridized carbons (Fsp3) is 0.400. The molecule has 0 spiro atoms. The van der Waals surface area contributed by atoms with E-state index in [1.165, 1.54) is 0 Å². The van der Waals surface area contributed by atoms with Gasteiger partial charge in [-0.1, -0.05) is 12.1 Å². The van der Waals surface area contributed by atoms with E-state index in [2.05, 4.69) is 10.3 Å². The number of aromatic nitrogens is 1. The lowest BCUT2D eigenvalue weighted by Gasteiger charge is -2.27. The molecule has 27 heavy (non-hydrogen) atoms. The Hall–Kier alpha value is -2.80. The van der Waals surface area contributed by atoms with Gasteiger partial charge < -0.3 is 14.8 Å². The Morgan fingerprint density at radius 1 is 1.19 bits per heavy atom. The normalized spacial score (nSPS) is 18.8. The summed E-state index contributed by atoms with van der Waals surface area (Å²) in [6, 6.07) is 11.2. The molecule has 1 saturated heterocycles. The number of anilines is 1. The van der Waals surface area contributed by atoms with Crippen molar-refractivity contribution in [2.24, 2.45) is 0 Å². The molecular formula is C20H23N3O4. The van der Waals surface area contributed by atoms with Gasteiger partial charge in [-0.15, -0.1) is 0 Å². The lowest BCUT2D eigenvalue weighted by Crippen LogP contribution is -2.34. The lowest BCUT2D eigenvalue weighted by atomic mass is 10.2. The minimum atomic E-state index is -0.147. The molecule has 0 bridgehead atoms. The highest BCUT2D eigenvalue weighted by Crippen LogP contribution is 2.31. The summed E-state index contributed by atoms with van der Waals surface area (Å²) in [5, 5.41) is 4.69. The molecule has 2 aliphatic heterocycles. The number of fused-ring (bicyclic) bond motifs is 1. The van der Waals surface area contributed by atoms with E-state index in [-0.39, 0.29) is 12.0 Å². The van der Waals surface area contributed by atoms with Crippen molar-refractivity contribution in [2.45, 2.75) is 25.4 Å². The lowest BCUT2D eigenvalue weighted by molar-refractivity contribution is 0.0760. The highest BCUT2D eigenvalue weighted by Gasteiger charge is 2.20. The fourth-order valence-electron chi connectivity index (χ4n) is 3.10. The van der Waals surface area contributed by atoms with Gasteiger partial charge in [-0.05, 0) is 37.1 Å². The zero-order valence-corrected chi connectivity index (χ0v) is 15.1. The van der Waals surface area contributed by atoms with Crippen LogP contribution in [0.3, 0.4) is 0 Å². The summed E-state index contributed by atoms with van der Waals surface area (Å²) >= 11 is 0. The Kier molecular flexibility index (Phi) is 5.39. The zero-order valence-electron chi connectivity index (χ0n) is 15.1. The van der Waals surface area contributed by atoms with E-state index in [9.17, 15) is 4.79 Å². The predicted octanol–water partition coefficient (Wildman–Crippen LogP) is 2.57. The summed E-state index contributed by atoms with van der Waals surface area (Å²) in [6.45, 7) is 2.53. The van der Waals surface area contributed by atoms with Crippen LogP contribution in [0.5, 0.6) is 11.5 Å². The number of ether oxygens (including phenoxy) is 2. The number of nitrogens with one attached hydrogen (secondary N) is 1. The largest absolute Gasteiger partial charge is 0.486 e. The number of carbonyl (C=O) groups excluding carboxylic acids is 1. The highest BCUT2D eigenvalue weighted by atomic mass is 16.7. The van der Waals surface area contributed by atoms with Gasteiger partial charge in [0.15, 0.2) is 17.3 Å². The van der Waals surface area contributed by atoms with E-state index in [0.717, 1.165) is 36.7 Å². The summed E-state index contributed by atoms with van der Waals surface area (Å²) in [5.41, 5.74) is 0.530. The number of pyridine rings is 1. The number of nitrogens with zero attached hydrogens (tertiary/aromatic N) is 2. The molecule has 7 nitrogen and oxygen atoms in total. The SMILES string of the molecule is O=C(NCC[C@@H]1COc2ccccc2O1)c1ccc(N2CCCCO2)nc1. The predicted molar refractivity (Wildman–Crippen MR) is 100 cm³/mol. The summed E-state index contributed by atoms with van der Waals surface area (Å²) in [6.07, 6.45) is 4.34. The number of hydroxylamine groups is 1. The van der Waals surface area contributed by atoms with Gasteiger partial charge in [0.25, 0.3) is 5.91 Å². The van der Waals surface area contributed by atoms with Gasteiger partial charge in [-0.3, -0.25) is 9.63 Å². The maximum absolute atomic E-state index is 12.3. The number of para-hydroxylation sites is 2. The fourth-order valence-corrected chi connectivity index (χ4v) is 3.10. The Morgan fingerprint density at radius 3 is 2.85 bits per heavy atom. The Balaban J connectivity index is 1.25. The van der Waals surface area contributed by atoms with Gasteiger partial charge in [0, 0.05) is 25.7 Å². The third-order valence-electron chi connectivity index (χ3n) is 4.59. The van der Waals surface area contributed by atoms with Crippen LogP contribution in [0, 0.1) is 0 Å². The molecule has 1 atom stereocenters. The molecule has 1 aromatic carbocycles. The molecule has 4 rings (SSSR count). The number of amides is 1. The molecule has 1 aromatic heterocycles. The van der Waals surface area contributed by atoms with Crippen LogP contribution in [0.1, 0.15) is 29.6 Å². The number of carbonyl (C=O) groups is 1. The third kappa shape index (κ3) is 4.31. The van der Waals surface area contributed by atoms with E-state index >= 15 is 0 Å². The molecule has 3 heterocycles. The van der Waals surface area contributed by atoms with Crippen molar-refractivity contribution in [3.63, 3.8) is 0 Å². The average molecular weight is 369 g/mol. The Morgan fingerprint density at radius 2 is 2.07 bits per heavy atom. The standard InChI is InChI=1S/C20H23N3O4/c24-20(15-7-8-19(22-13-15)23-11-3-4-12-26-23)21-10-9-16-14-25-17-5-1-2-6-18(17)27-16/h1-2,5-8,13,16H,3-4,9-12,14H2,(H,21,24)/t16-/m1/s1. The molecular weight excluding hydrogens is 346 g/mol. The first-order chi connectivity index (χ1) is 13.3. The van der Waals surface area contributed by atoms with Crippen molar-refractivity contribution in [3.8, 4) is 11.5 Å². The van der Waals surface area contributed by atoms with E-state index in [1.54, 1.807) is 17.3 Å². The second-order valence-corrected chi connectivity index (χ2v) is 6.59. The molecule has 0 saturated carbocycles. The maximum atomic E-state index is 12.3. The number of benzene rings is 1. The first-order valence-electron chi connectivity index (χ1n) is 9.33. The monoisotopic (exact) mass is 369 g/mol.